The quantitative estimate of drug-likeness (QED) is 0.810. The number of nitrogens with zero attached hydrogens (tertiary/aromatic N) is 1. The van der Waals surface area contributed by atoms with Crippen molar-refractivity contribution >= 4 is 43.7 Å². The molecule has 2 N–H and O–H groups in total. The first-order valence-electron chi connectivity index (χ1n) is 5.63. The van der Waals surface area contributed by atoms with Crippen molar-refractivity contribution in [3.05, 3.63) is 26.6 Å². The van der Waals surface area contributed by atoms with Gasteiger partial charge in [0.2, 0.25) is 0 Å². The first-order valence-corrected chi connectivity index (χ1v) is 7.22. The maximum atomic E-state index is 12.3. The molecule has 1 aliphatic rings. The van der Waals surface area contributed by atoms with E-state index in [1.807, 2.05) is 0 Å². The van der Waals surface area contributed by atoms with E-state index in [9.17, 15) is 14.7 Å². The second-order valence-electron chi connectivity index (χ2n) is 4.28. The number of aromatic hydroxyl groups is 1. The van der Waals surface area contributed by atoms with Gasteiger partial charge >= 0.3 is 5.97 Å². The predicted molar refractivity (Wildman–Crippen MR) is 75.2 cm³/mol. The molecule has 0 radical (unpaired) electrons. The molecule has 1 fully saturated rings. The molecule has 1 amide bonds. The molecule has 0 spiro atoms. The molecule has 1 aromatic rings. The Morgan fingerprint density at radius 1 is 1.26 bits per heavy atom. The molecule has 0 aromatic heterocycles. The van der Waals surface area contributed by atoms with Gasteiger partial charge in [-0.1, -0.05) is 0 Å². The van der Waals surface area contributed by atoms with E-state index in [0.29, 0.717) is 33.9 Å². The molecule has 1 saturated heterocycles. The number of hydrogen-bond acceptors (Lipinski definition) is 3. The van der Waals surface area contributed by atoms with Gasteiger partial charge in [0.25, 0.3) is 5.91 Å². The number of carbonyl (C=O) groups excluding carboxylic acids is 1. The lowest BCUT2D eigenvalue weighted by Gasteiger charge is -2.21. The molecule has 19 heavy (non-hydrogen) atoms. The average molecular weight is 393 g/mol. The highest BCUT2D eigenvalue weighted by molar-refractivity contribution is 9.11. The highest BCUT2D eigenvalue weighted by Gasteiger charge is 2.34. The SMILES string of the molecule is O=C(O)[C@@H]1CCCN1C(=O)c1cc(Br)c(O)c(Br)c1. The molecule has 5 nitrogen and oxygen atoms in total. The molecule has 0 bridgehead atoms. The molecular formula is C12H11Br2NO4. The van der Waals surface area contributed by atoms with Gasteiger partial charge in [0.1, 0.15) is 11.8 Å². The van der Waals surface area contributed by atoms with Crippen molar-refractivity contribution in [1.82, 2.24) is 4.90 Å². The molecule has 0 unspecified atom stereocenters. The lowest BCUT2D eigenvalue weighted by atomic mass is 10.1. The van der Waals surface area contributed by atoms with Crippen molar-refractivity contribution < 1.29 is 19.8 Å². The highest BCUT2D eigenvalue weighted by Crippen LogP contribution is 2.34. The van der Waals surface area contributed by atoms with Gasteiger partial charge in [0, 0.05) is 12.1 Å². The number of likely N-dealkylation sites (tertiary alicyclic amines) is 1. The first kappa shape index (κ1) is 14.3. The van der Waals surface area contributed by atoms with Crippen molar-refractivity contribution in [1.29, 1.82) is 0 Å². The van der Waals surface area contributed by atoms with Crippen LogP contribution in [0.15, 0.2) is 21.1 Å². The number of phenolic OH excluding ortho intramolecular Hbond substituents is 1. The Morgan fingerprint density at radius 3 is 2.37 bits per heavy atom. The minimum absolute atomic E-state index is 0.00718. The zero-order valence-corrected chi connectivity index (χ0v) is 12.9. The van der Waals surface area contributed by atoms with Crippen LogP contribution in [0.2, 0.25) is 0 Å². The van der Waals surface area contributed by atoms with E-state index in [2.05, 4.69) is 31.9 Å². The fourth-order valence-electron chi connectivity index (χ4n) is 2.12. The van der Waals surface area contributed by atoms with Gasteiger partial charge in [0.05, 0.1) is 8.95 Å². The van der Waals surface area contributed by atoms with Gasteiger partial charge in [-0.15, -0.1) is 0 Å². The average Bonchev–Trinajstić information content (AvgIpc) is 2.83. The van der Waals surface area contributed by atoms with Crippen molar-refractivity contribution in [2.45, 2.75) is 18.9 Å². The number of amides is 1. The summed E-state index contributed by atoms with van der Waals surface area (Å²) in [6, 6.07) is 2.21. The van der Waals surface area contributed by atoms with Gasteiger partial charge < -0.3 is 15.1 Å². The van der Waals surface area contributed by atoms with E-state index in [1.54, 1.807) is 0 Å². The minimum Gasteiger partial charge on any atom is -0.506 e. The topological polar surface area (TPSA) is 77.8 Å². The van der Waals surface area contributed by atoms with Gasteiger partial charge in [-0.2, -0.15) is 0 Å². The highest BCUT2D eigenvalue weighted by atomic mass is 79.9. The third-order valence-corrected chi connectivity index (χ3v) is 4.27. The smallest absolute Gasteiger partial charge is 0.326 e. The summed E-state index contributed by atoms with van der Waals surface area (Å²) < 4.78 is 0.771. The third kappa shape index (κ3) is 2.76. The molecule has 0 saturated carbocycles. The lowest BCUT2D eigenvalue weighted by molar-refractivity contribution is -0.141. The monoisotopic (exact) mass is 391 g/mol. The second-order valence-corrected chi connectivity index (χ2v) is 5.99. The maximum absolute atomic E-state index is 12.3. The van der Waals surface area contributed by atoms with Crippen LogP contribution in [0.1, 0.15) is 23.2 Å². The minimum atomic E-state index is -0.984. The van der Waals surface area contributed by atoms with Crippen LogP contribution in [0.5, 0.6) is 5.75 Å². The predicted octanol–water partition coefficient (Wildman–Crippen LogP) is 2.61. The van der Waals surface area contributed by atoms with Crippen LogP contribution >= 0.6 is 31.9 Å². The second kappa shape index (κ2) is 5.50. The van der Waals surface area contributed by atoms with Crippen molar-refractivity contribution in [2.75, 3.05) is 6.54 Å². The molecule has 0 aliphatic carbocycles. The van der Waals surface area contributed by atoms with Gasteiger partial charge in [0.15, 0.2) is 0 Å². The molecule has 1 atom stereocenters. The van der Waals surface area contributed by atoms with E-state index in [1.165, 1.54) is 17.0 Å². The summed E-state index contributed by atoms with van der Waals surface area (Å²) in [5, 5.41) is 18.7. The first-order chi connectivity index (χ1) is 8.91. The van der Waals surface area contributed by atoms with E-state index < -0.39 is 12.0 Å². The van der Waals surface area contributed by atoms with E-state index >= 15 is 0 Å². The number of carboxylic acid groups (broad SMARTS) is 1. The van der Waals surface area contributed by atoms with Crippen LogP contribution in [0.3, 0.4) is 0 Å². The molecule has 7 heteroatoms. The molecule has 1 aromatic carbocycles. The van der Waals surface area contributed by atoms with Crippen LogP contribution in [-0.2, 0) is 4.79 Å². The van der Waals surface area contributed by atoms with Crippen molar-refractivity contribution in [3.63, 3.8) is 0 Å². The number of benzene rings is 1. The molecule has 1 aliphatic heterocycles. The summed E-state index contributed by atoms with van der Waals surface area (Å²) in [5.74, 6) is -1.32. The Balaban J connectivity index is 2.32. The van der Waals surface area contributed by atoms with Gasteiger partial charge in [-0.05, 0) is 56.8 Å². The number of carbonyl (C=O) groups is 2. The fourth-order valence-corrected chi connectivity index (χ4v) is 3.31. The summed E-state index contributed by atoms with van der Waals surface area (Å²) in [4.78, 5) is 24.8. The Labute approximate surface area is 126 Å². The zero-order valence-electron chi connectivity index (χ0n) is 9.77. The Kier molecular flexibility index (Phi) is 4.15. The summed E-state index contributed by atoms with van der Waals surface area (Å²) in [7, 11) is 0. The number of halogens is 2. The Morgan fingerprint density at radius 2 is 1.84 bits per heavy atom. The zero-order chi connectivity index (χ0) is 14.2. The van der Waals surface area contributed by atoms with Gasteiger partial charge in [-0.25, -0.2) is 4.79 Å². The standard InChI is InChI=1S/C12H11Br2NO4/c13-7-4-6(5-8(14)10(7)16)11(17)15-3-1-2-9(15)12(18)19/h4-5,9,16H,1-3H2,(H,18,19)/t9-/m0/s1. The van der Waals surface area contributed by atoms with E-state index in [4.69, 9.17) is 5.11 Å². The third-order valence-electron chi connectivity index (χ3n) is 3.06. The van der Waals surface area contributed by atoms with Gasteiger partial charge in [-0.3, -0.25) is 4.79 Å². The summed E-state index contributed by atoms with van der Waals surface area (Å²) in [6.07, 6.45) is 1.16. The van der Waals surface area contributed by atoms with Crippen LogP contribution in [0.4, 0.5) is 0 Å². The van der Waals surface area contributed by atoms with E-state index in [-0.39, 0.29) is 11.7 Å². The molecule has 102 valence electrons. The summed E-state index contributed by atoms with van der Waals surface area (Å²) >= 11 is 6.30. The molecule has 1 heterocycles. The van der Waals surface area contributed by atoms with Crippen LogP contribution < -0.4 is 0 Å². The molecular weight excluding hydrogens is 382 g/mol. The molecule has 2 rings (SSSR count). The summed E-state index contributed by atoms with van der Waals surface area (Å²) in [6.45, 7) is 0.436. The van der Waals surface area contributed by atoms with Crippen molar-refractivity contribution in [3.8, 4) is 5.75 Å². The Hall–Kier alpha value is -1.08. The van der Waals surface area contributed by atoms with Crippen molar-refractivity contribution in [2.24, 2.45) is 0 Å². The number of carboxylic acids is 1. The lowest BCUT2D eigenvalue weighted by Crippen LogP contribution is -2.40. The van der Waals surface area contributed by atoms with Crippen LogP contribution in [-0.4, -0.2) is 39.6 Å². The van der Waals surface area contributed by atoms with Crippen LogP contribution in [0.25, 0.3) is 0 Å². The van der Waals surface area contributed by atoms with E-state index in [0.717, 1.165) is 0 Å². The normalized spacial score (nSPS) is 18.6. The summed E-state index contributed by atoms with van der Waals surface area (Å²) in [5.41, 5.74) is 0.338. The number of phenols is 1. The maximum Gasteiger partial charge on any atom is 0.326 e. The fraction of sp³-hybridized carbons (Fsp3) is 0.333. The number of hydrogen-bond donors (Lipinski definition) is 2. The number of rotatable bonds is 2. The number of aliphatic carboxylic acids is 1. The Bertz CT molecular complexity index is 524. The largest absolute Gasteiger partial charge is 0.506 e. The van der Waals surface area contributed by atoms with Crippen LogP contribution in [0, 0.1) is 0 Å².